The molecule has 140 valence electrons. The second kappa shape index (κ2) is 5.33. The summed E-state index contributed by atoms with van der Waals surface area (Å²) < 4.78 is 40.3. The van der Waals surface area contributed by atoms with Crippen LogP contribution >= 0.6 is 0 Å². The fraction of sp³-hybridized carbons (Fsp3) is 0.600. The van der Waals surface area contributed by atoms with Crippen LogP contribution in [0.3, 0.4) is 0 Å². The topological polar surface area (TPSA) is 32.7 Å². The van der Waals surface area contributed by atoms with Crippen LogP contribution in [0.5, 0.6) is 0 Å². The maximum absolute atomic E-state index is 13.4. The van der Waals surface area contributed by atoms with Gasteiger partial charge in [0.05, 0.1) is 17.4 Å². The third-order valence-electron chi connectivity index (χ3n) is 5.97. The number of rotatable bonds is 1. The van der Waals surface area contributed by atoms with E-state index < -0.39 is 24.1 Å². The standard InChI is InChI=1S/C20H23F3N2O/c1-18(2)8-13-9-19(3,10-18)11-25(13)12-4-5-16-14(6-12)15(20(21,22)23)7-17(26)24-16/h4-6,13H,7-11H2,1-3H3. The molecule has 4 rings (SSSR count). The first-order chi connectivity index (χ1) is 12.0. The summed E-state index contributed by atoms with van der Waals surface area (Å²) in [5, 5.41) is 0.187. The fourth-order valence-corrected chi connectivity index (χ4v) is 5.48. The van der Waals surface area contributed by atoms with Crippen LogP contribution in [-0.4, -0.2) is 24.7 Å². The second-order valence-corrected chi connectivity index (χ2v) is 9.20. The predicted octanol–water partition coefficient (Wildman–Crippen LogP) is 3.35. The van der Waals surface area contributed by atoms with E-state index in [-0.39, 0.29) is 21.4 Å². The maximum Gasteiger partial charge on any atom is 0.413 e. The van der Waals surface area contributed by atoms with E-state index in [1.54, 1.807) is 12.1 Å². The highest BCUT2D eigenvalue weighted by Gasteiger charge is 2.49. The molecule has 0 radical (unpaired) electrons. The molecule has 1 amide bonds. The quantitative estimate of drug-likeness (QED) is 0.766. The van der Waals surface area contributed by atoms with Crippen molar-refractivity contribution in [2.75, 3.05) is 11.4 Å². The number of anilines is 1. The van der Waals surface area contributed by atoms with Gasteiger partial charge in [0.1, 0.15) is 0 Å². The number of carbonyl (C=O) groups is 1. The molecule has 1 aliphatic carbocycles. The maximum atomic E-state index is 13.4. The van der Waals surface area contributed by atoms with Crippen molar-refractivity contribution < 1.29 is 18.0 Å². The fourth-order valence-electron chi connectivity index (χ4n) is 5.48. The number of carbonyl (C=O) groups excluding carboxylic acids is 1. The Morgan fingerprint density at radius 1 is 1.19 bits per heavy atom. The smallest absolute Gasteiger partial charge is 0.368 e. The Hall–Kier alpha value is -1.85. The number of alkyl halides is 3. The van der Waals surface area contributed by atoms with Gasteiger partial charge in [-0.1, -0.05) is 20.8 Å². The summed E-state index contributed by atoms with van der Waals surface area (Å²) in [6, 6.07) is 5.30. The molecule has 1 aromatic rings. The first-order valence-electron chi connectivity index (χ1n) is 9.05. The molecule has 3 nitrogen and oxygen atoms in total. The van der Waals surface area contributed by atoms with Gasteiger partial charge in [-0.3, -0.25) is 4.79 Å². The SMILES string of the molecule is CC1(C)CC2CC(C)(CN2c2ccc3c(c2)=C(C(F)(F)F)CC(=O)N=3)C1. The molecule has 2 atom stereocenters. The highest BCUT2D eigenvalue weighted by Crippen LogP contribution is 2.53. The summed E-state index contributed by atoms with van der Waals surface area (Å²) in [6.07, 6.45) is -1.95. The average Bonchev–Trinajstić information content (AvgIpc) is 2.74. The van der Waals surface area contributed by atoms with Gasteiger partial charge in [-0.25, -0.2) is 4.99 Å². The van der Waals surface area contributed by atoms with Crippen LogP contribution in [0.15, 0.2) is 23.2 Å². The molecule has 26 heavy (non-hydrogen) atoms. The molecule has 2 fully saturated rings. The summed E-state index contributed by atoms with van der Waals surface area (Å²) >= 11 is 0. The number of hydrogen-bond donors (Lipinski definition) is 0. The molecular weight excluding hydrogens is 341 g/mol. The average molecular weight is 364 g/mol. The Morgan fingerprint density at radius 3 is 2.62 bits per heavy atom. The first kappa shape index (κ1) is 17.6. The van der Waals surface area contributed by atoms with Gasteiger partial charge in [0.15, 0.2) is 0 Å². The van der Waals surface area contributed by atoms with Gasteiger partial charge >= 0.3 is 6.18 Å². The van der Waals surface area contributed by atoms with Crippen molar-refractivity contribution >= 4 is 17.2 Å². The van der Waals surface area contributed by atoms with Gasteiger partial charge < -0.3 is 4.90 Å². The lowest BCUT2D eigenvalue weighted by molar-refractivity contribution is -0.119. The molecule has 2 unspecified atom stereocenters. The van der Waals surface area contributed by atoms with Crippen molar-refractivity contribution in [3.05, 3.63) is 28.8 Å². The van der Waals surface area contributed by atoms with Gasteiger partial charge in [0, 0.05) is 23.5 Å². The van der Waals surface area contributed by atoms with Crippen molar-refractivity contribution in [1.29, 1.82) is 0 Å². The van der Waals surface area contributed by atoms with E-state index in [0.29, 0.717) is 6.04 Å². The Labute approximate surface area is 150 Å². The Kier molecular flexibility index (Phi) is 3.60. The van der Waals surface area contributed by atoms with E-state index in [4.69, 9.17) is 0 Å². The van der Waals surface area contributed by atoms with Gasteiger partial charge in [-0.2, -0.15) is 13.2 Å². The summed E-state index contributed by atoms with van der Waals surface area (Å²) in [6.45, 7) is 7.68. The minimum Gasteiger partial charge on any atom is -0.368 e. The zero-order valence-electron chi connectivity index (χ0n) is 15.3. The third-order valence-corrected chi connectivity index (χ3v) is 5.97. The van der Waals surface area contributed by atoms with Gasteiger partial charge in [-0.05, 0) is 48.3 Å². The number of fused-ring (bicyclic) bond motifs is 3. The summed E-state index contributed by atoms with van der Waals surface area (Å²) in [5.74, 6) is -0.733. The molecule has 1 aromatic carbocycles. The predicted molar refractivity (Wildman–Crippen MR) is 93.2 cm³/mol. The number of benzene rings is 1. The van der Waals surface area contributed by atoms with Crippen molar-refractivity contribution in [3.8, 4) is 0 Å². The van der Waals surface area contributed by atoms with Crippen LogP contribution in [0.4, 0.5) is 18.9 Å². The van der Waals surface area contributed by atoms with E-state index in [0.717, 1.165) is 31.5 Å². The lowest BCUT2D eigenvalue weighted by Gasteiger charge is -2.39. The number of amides is 1. The minimum atomic E-state index is -4.52. The zero-order chi connectivity index (χ0) is 18.9. The molecule has 2 aliphatic heterocycles. The van der Waals surface area contributed by atoms with Crippen LogP contribution < -0.4 is 15.5 Å². The summed E-state index contributed by atoms with van der Waals surface area (Å²) in [7, 11) is 0. The van der Waals surface area contributed by atoms with Crippen molar-refractivity contribution in [2.45, 2.75) is 58.7 Å². The molecule has 1 saturated heterocycles. The largest absolute Gasteiger partial charge is 0.413 e. The first-order valence-corrected chi connectivity index (χ1v) is 9.05. The molecule has 0 aromatic heterocycles. The van der Waals surface area contributed by atoms with Gasteiger partial charge in [0.25, 0.3) is 5.91 Å². The Balaban J connectivity index is 1.82. The lowest BCUT2D eigenvalue weighted by Crippen LogP contribution is -2.39. The molecule has 0 N–H and O–H groups in total. The highest BCUT2D eigenvalue weighted by molar-refractivity contribution is 5.87. The van der Waals surface area contributed by atoms with Gasteiger partial charge in [-0.15, -0.1) is 0 Å². The lowest BCUT2D eigenvalue weighted by atomic mass is 9.65. The van der Waals surface area contributed by atoms with E-state index in [1.807, 2.05) is 6.07 Å². The highest BCUT2D eigenvalue weighted by atomic mass is 19.4. The van der Waals surface area contributed by atoms with Crippen LogP contribution in [0, 0.1) is 10.8 Å². The van der Waals surface area contributed by atoms with E-state index in [2.05, 4.69) is 30.7 Å². The van der Waals surface area contributed by atoms with E-state index in [1.165, 1.54) is 0 Å². The Morgan fingerprint density at radius 2 is 1.92 bits per heavy atom. The van der Waals surface area contributed by atoms with E-state index in [9.17, 15) is 18.0 Å². The normalized spacial score (nSPS) is 30.2. The van der Waals surface area contributed by atoms with Crippen LogP contribution in [0.25, 0.3) is 5.57 Å². The number of nitrogens with zero attached hydrogens (tertiary/aromatic N) is 2. The van der Waals surface area contributed by atoms with Crippen molar-refractivity contribution in [1.82, 2.24) is 0 Å². The molecule has 3 aliphatic rings. The summed E-state index contributed by atoms with van der Waals surface area (Å²) in [5.41, 5.74) is 0.467. The molecule has 1 saturated carbocycles. The summed E-state index contributed by atoms with van der Waals surface area (Å²) in [4.78, 5) is 17.7. The monoisotopic (exact) mass is 364 g/mol. The number of halogens is 3. The molecule has 0 spiro atoms. The molecule has 6 heteroatoms. The van der Waals surface area contributed by atoms with Crippen LogP contribution in [0.1, 0.15) is 46.5 Å². The third kappa shape index (κ3) is 2.93. The minimum absolute atomic E-state index is 0.0560. The Bertz CT molecular complexity index is 903. The van der Waals surface area contributed by atoms with Crippen LogP contribution in [-0.2, 0) is 4.79 Å². The number of hydrogen-bond acceptors (Lipinski definition) is 2. The molecule has 2 heterocycles. The van der Waals surface area contributed by atoms with E-state index >= 15 is 0 Å². The second-order valence-electron chi connectivity index (χ2n) is 9.20. The van der Waals surface area contributed by atoms with Crippen molar-refractivity contribution in [3.63, 3.8) is 0 Å². The molecule has 2 bridgehead atoms. The zero-order valence-corrected chi connectivity index (χ0v) is 15.3. The van der Waals surface area contributed by atoms with Crippen LogP contribution in [0.2, 0.25) is 0 Å². The molecular formula is C20H23F3N2O. The van der Waals surface area contributed by atoms with Crippen molar-refractivity contribution in [2.24, 2.45) is 15.8 Å². The van der Waals surface area contributed by atoms with Gasteiger partial charge in [0.2, 0.25) is 0 Å².